The van der Waals surface area contributed by atoms with E-state index in [1.165, 1.54) is 23.9 Å². The molecule has 0 aromatic heterocycles. The van der Waals surface area contributed by atoms with Crippen molar-refractivity contribution in [1.29, 1.82) is 0 Å². The molecule has 0 aliphatic heterocycles. The number of amides is 1. The molecule has 2 rings (SSSR count). The van der Waals surface area contributed by atoms with Crippen molar-refractivity contribution in [2.45, 2.75) is 0 Å². The molecule has 7 nitrogen and oxygen atoms in total. The van der Waals surface area contributed by atoms with Gasteiger partial charge in [-0.3, -0.25) is 9.63 Å². The lowest BCUT2D eigenvalue weighted by atomic mass is 10.1. The van der Waals surface area contributed by atoms with E-state index in [1.54, 1.807) is 6.07 Å². The number of hydrogen-bond donors (Lipinski definition) is 3. The normalized spacial score (nSPS) is 11.0. The van der Waals surface area contributed by atoms with Crippen molar-refractivity contribution in [2.24, 2.45) is 5.16 Å². The Labute approximate surface area is 194 Å². The van der Waals surface area contributed by atoms with Crippen LogP contribution in [0.25, 0.3) is 0 Å². The van der Waals surface area contributed by atoms with Gasteiger partial charge in [0.1, 0.15) is 12.4 Å². The fourth-order valence-corrected chi connectivity index (χ4v) is 2.95. The van der Waals surface area contributed by atoms with Crippen LogP contribution in [0.5, 0.6) is 0 Å². The Morgan fingerprint density at radius 3 is 2.71 bits per heavy atom. The predicted molar refractivity (Wildman–Crippen MR) is 121 cm³/mol. The first-order valence-electron chi connectivity index (χ1n) is 8.80. The number of carbonyl (C=O) groups excluding carboxylic acids is 1. The summed E-state index contributed by atoms with van der Waals surface area (Å²) in [4.78, 5) is 22.2. The van der Waals surface area contributed by atoms with Gasteiger partial charge in [0.25, 0.3) is 5.91 Å². The third-order valence-corrected chi connectivity index (χ3v) is 4.92. The zero-order valence-corrected chi connectivity index (χ0v) is 19.2. The molecule has 2 aromatic rings. The third kappa shape index (κ3) is 7.26. The summed E-state index contributed by atoms with van der Waals surface area (Å²) >= 11 is 3.41. The SMILES string of the molecule is CSCCON=Cc1cc(C(=O)NOCCO)c(Nc2ccc(I)cc2F)c(F)c1F. The van der Waals surface area contributed by atoms with Crippen LogP contribution in [0.1, 0.15) is 15.9 Å². The van der Waals surface area contributed by atoms with Crippen LogP contribution >= 0.6 is 34.4 Å². The number of hydroxylamine groups is 1. The van der Waals surface area contributed by atoms with Gasteiger partial charge in [0.05, 0.1) is 36.4 Å². The van der Waals surface area contributed by atoms with Crippen LogP contribution in [-0.4, -0.2) is 49.1 Å². The highest BCUT2D eigenvalue weighted by Crippen LogP contribution is 2.30. The van der Waals surface area contributed by atoms with Crippen LogP contribution < -0.4 is 10.8 Å². The number of oxime groups is 1. The molecule has 0 aliphatic rings. The Hall–Kier alpha value is -2.03. The maximum absolute atomic E-state index is 14.9. The number of rotatable bonds is 11. The molecule has 1 amide bonds. The van der Waals surface area contributed by atoms with E-state index in [2.05, 4.69) is 10.5 Å². The average Bonchev–Trinajstić information content (AvgIpc) is 2.74. The smallest absolute Gasteiger partial charge is 0.277 e. The molecule has 0 unspecified atom stereocenters. The minimum Gasteiger partial charge on any atom is -0.395 e. The summed E-state index contributed by atoms with van der Waals surface area (Å²) in [6, 6.07) is 5.09. The monoisotopic (exact) mass is 569 g/mol. The van der Waals surface area contributed by atoms with E-state index in [4.69, 9.17) is 14.8 Å². The Bertz CT molecular complexity index is 950. The van der Waals surface area contributed by atoms with Crippen molar-refractivity contribution in [3.63, 3.8) is 0 Å². The number of carbonyl (C=O) groups is 1. The van der Waals surface area contributed by atoms with Crippen molar-refractivity contribution in [3.05, 3.63) is 56.4 Å². The van der Waals surface area contributed by atoms with Crippen molar-refractivity contribution < 1.29 is 32.7 Å². The van der Waals surface area contributed by atoms with E-state index < -0.39 is 29.0 Å². The lowest BCUT2D eigenvalue weighted by Gasteiger charge is -2.15. The maximum Gasteiger partial charge on any atom is 0.277 e. The van der Waals surface area contributed by atoms with Gasteiger partial charge < -0.3 is 15.3 Å². The molecule has 0 spiro atoms. The molecule has 2 aromatic carbocycles. The molecule has 0 radical (unpaired) electrons. The molecule has 12 heteroatoms. The van der Waals surface area contributed by atoms with E-state index in [0.717, 1.165) is 12.3 Å². The highest BCUT2D eigenvalue weighted by molar-refractivity contribution is 14.1. The molecule has 0 bridgehead atoms. The summed E-state index contributed by atoms with van der Waals surface area (Å²) in [5.41, 5.74) is 0.517. The van der Waals surface area contributed by atoms with Crippen LogP contribution in [0.3, 0.4) is 0 Å². The Morgan fingerprint density at radius 2 is 2.03 bits per heavy atom. The Morgan fingerprint density at radius 1 is 1.26 bits per heavy atom. The van der Waals surface area contributed by atoms with E-state index in [0.29, 0.717) is 9.32 Å². The van der Waals surface area contributed by atoms with Gasteiger partial charge >= 0.3 is 0 Å². The molecule has 0 saturated heterocycles. The molecule has 0 heterocycles. The first-order chi connectivity index (χ1) is 14.9. The highest BCUT2D eigenvalue weighted by Gasteiger charge is 2.23. The van der Waals surface area contributed by atoms with Gasteiger partial charge in [-0.05, 0) is 53.1 Å². The molecule has 0 fully saturated rings. The zero-order valence-electron chi connectivity index (χ0n) is 16.3. The molecular weight excluding hydrogens is 550 g/mol. The van der Waals surface area contributed by atoms with Gasteiger partial charge in [-0.2, -0.15) is 11.8 Å². The number of hydrogen-bond acceptors (Lipinski definition) is 7. The van der Waals surface area contributed by atoms with Gasteiger partial charge in [0.2, 0.25) is 0 Å². The molecule has 0 aliphatic carbocycles. The lowest BCUT2D eigenvalue weighted by molar-refractivity contribution is 0.0168. The Kier molecular flexibility index (Phi) is 10.4. The molecule has 3 N–H and O–H groups in total. The number of anilines is 2. The van der Waals surface area contributed by atoms with Crippen LogP contribution in [0.15, 0.2) is 29.4 Å². The Balaban J connectivity index is 2.43. The average molecular weight is 569 g/mol. The van der Waals surface area contributed by atoms with Crippen molar-refractivity contribution in [2.75, 3.05) is 37.1 Å². The zero-order chi connectivity index (χ0) is 22.8. The summed E-state index contributed by atoms with van der Waals surface area (Å²) in [6.07, 6.45) is 2.80. The minimum absolute atomic E-state index is 0.161. The number of halogens is 4. The summed E-state index contributed by atoms with van der Waals surface area (Å²) in [6.45, 7) is -0.334. The van der Waals surface area contributed by atoms with Crippen molar-refractivity contribution in [1.82, 2.24) is 5.48 Å². The van der Waals surface area contributed by atoms with Crippen LogP contribution in [0.2, 0.25) is 0 Å². The topological polar surface area (TPSA) is 92.2 Å². The van der Waals surface area contributed by atoms with E-state index >= 15 is 0 Å². The quantitative estimate of drug-likeness (QED) is 0.165. The molecule has 31 heavy (non-hydrogen) atoms. The summed E-state index contributed by atoms with van der Waals surface area (Å²) < 4.78 is 44.3. The number of aliphatic hydroxyl groups excluding tert-OH is 1. The van der Waals surface area contributed by atoms with E-state index in [1.807, 2.05) is 34.3 Å². The van der Waals surface area contributed by atoms with Crippen LogP contribution in [-0.2, 0) is 9.68 Å². The number of thioether (sulfide) groups is 1. The van der Waals surface area contributed by atoms with Gasteiger partial charge in [-0.25, -0.2) is 18.7 Å². The third-order valence-electron chi connectivity index (χ3n) is 3.67. The van der Waals surface area contributed by atoms with Crippen molar-refractivity contribution >= 4 is 57.8 Å². The number of nitrogens with zero attached hydrogens (tertiary/aromatic N) is 1. The molecular formula is C19H19F3IN3O4S. The molecule has 168 valence electrons. The number of benzene rings is 2. The van der Waals surface area contributed by atoms with Gasteiger partial charge in [-0.15, -0.1) is 0 Å². The van der Waals surface area contributed by atoms with E-state index in [-0.39, 0.29) is 36.6 Å². The molecule has 0 atom stereocenters. The first-order valence-corrected chi connectivity index (χ1v) is 11.3. The summed E-state index contributed by atoms with van der Waals surface area (Å²) in [5.74, 6) is -3.74. The lowest BCUT2D eigenvalue weighted by Crippen LogP contribution is -2.26. The molecule has 0 saturated carbocycles. The fraction of sp³-hybridized carbons (Fsp3) is 0.263. The number of nitrogens with one attached hydrogen (secondary N) is 2. The summed E-state index contributed by atoms with van der Waals surface area (Å²) in [5, 5.41) is 14.8. The second-order valence-corrected chi connectivity index (χ2v) is 8.06. The van der Waals surface area contributed by atoms with Gasteiger partial charge in [-0.1, -0.05) is 5.16 Å². The number of aliphatic hydroxyl groups is 1. The second-order valence-electron chi connectivity index (χ2n) is 5.83. The predicted octanol–water partition coefficient (Wildman–Crippen LogP) is 3.82. The van der Waals surface area contributed by atoms with E-state index in [9.17, 15) is 18.0 Å². The highest BCUT2D eigenvalue weighted by atomic mass is 127. The minimum atomic E-state index is -1.42. The summed E-state index contributed by atoms with van der Waals surface area (Å²) in [7, 11) is 0. The van der Waals surface area contributed by atoms with Crippen molar-refractivity contribution in [3.8, 4) is 0 Å². The second kappa shape index (κ2) is 12.7. The van der Waals surface area contributed by atoms with Crippen LogP contribution in [0, 0.1) is 21.0 Å². The van der Waals surface area contributed by atoms with Crippen LogP contribution in [0.4, 0.5) is 24.5 Å². The standard InChI is InChI=1S/C19H19F3IN3O4S/c1-31-7-6-29-24-10-11-8-13(19(28)26-30-5-4-27)18(17(22)16(11)21)25-15-3-2-12(23)9-14(15)20/h2-3,8-10,25,27H,4-7H2,1H3,(H,26,28). The van der Waals surface area contributed by atoms with Gasteiger partial charge in [0, 0.05) is 14.9 Å². The maximum atomic E-state index is 14.9. The largest absolute Gasteiger partial charge is 0.395 e. The van der Waals surface area contributed by atoms with Gasteiger partial charge in [0.15, 0.2) is 11.6 Å². The first kappa shape index (κ1) is 25.2. The fourth-order valence-electron chi connectivity index (χ4n) is 2.25.